The smallest absolute Gasteiger partial charge is 0.255 e. The Labute approximate surface area is 128 Å². The van der Waals surface area contributed by atoms with Crippen LogP contribution >= 0.6 is 27.7 Å². The maximum absolute atomic E-state index is 12.2. The van der Waals surface area contributed by atoms with E-state index in [0.717, 1.165) is 38.5 Å². The van der Waals surface area contributed by atoms with Crippen LogP contribution in [0.4, 0.5) is 5.69 Å². The lowest BCUT2D eigenvalue weighted by Crippen LogP contribution is -2.11. The van der Waals surface area contributed by atoms with Crippen molar-refractivity contribution in [3.63, 3.8) is 0 Å². The summed E-state index contributed by atoms with van der Waals surface area (Å²) >= 11 is 4.58. The molecule has 0 saturated heterocycles. The molecule has 1 N–H and O–H groups in total. The maximum Gasteiger partial charge on any atom is 0.255 e. The van der Waals surface area contributed by atoms with Crippen LogP contribution in [0, 0.1) is 6.92 Å². The minimum atomic E-state index is -0.151. The fraction of sp³-hybridized carbons (Fsp3) is 0.0714. The van der Waals surface area contributed by atoms with Crippen molar-refractivity contribution in [2.75, 3.05) is 5.32 Å². The van der Waals surface area contributed by atoms with Gasteiger partial charge in [-0.15, -0.1) is 0 Å². The summed E-state index contributed by atoms with van der Waals surface area (Å²) < 4.78 is 9.28. The molecule has 100 valence electrons. The van der Waals surface area contributed by atoms with Crippen molar-refractivity contribution in [2.45, 2.75) is 6.92 Å². The van der Waals surface area contributed by atoms with Gasteiger partial charge in [-0.05, 0) is 48.9 Å². The quantitative estimate of drug-likeness (QED) is 0.761. The van der Waals surface area contributed by atoms with Crippen molar-refractivity contribution in [2.24, 2.45) is 0 Å². The van der Waals surface area contributed by atoms with E-state index in [2.05, 4.69) is 30.0 Å². The van der Waals surface area contributed by atoms with Gasteiger partial charge < -0.3 is 5.32 Å². The van der Waals surface area contributed by atoms with Crippen LogP contribution in [0.5, 0.6) is 0 Å². The number of nitrogens with zero attached hydrogens (tertiary/aromatic N) is 2. The molecule has 0 aliphatic heterocycles. The summed E-state index contributed by atoms with van der Waals surface area (Å²) in [5, 5.41) is 2.88. The lowest BCUT2D eigenvalue weighted by molar-refractivity contribution is 0.102. The van der Waals surface area contributed by atoms with Crippen molar-refractivity contribution >= 4 is 50.3 Å². The number of hydrogen-bond donors (Lipinski definition) is 1. The van der Waals surface area contributed by atoms with Gasteiger partial charge in [0.15, 0.2) is 0 Å². The number of amides is 1. The summed E-state index contributed by atoms with van der Waals surface area (Å²) in [6.45, 7) is 1.98. The Morgan fingerprint density at radius 2 is 1.95 bits per heavy atom. The van der Waals surface area contributed by atoms with Gasteiger partial charge in [-0.2, -0.15) is 8.75 Å². The minimum Gasteiger partial charge on any atom is -0.322 e. The lowest BCUT2D eigenvalue weighted by Gasteiger charge is -2.07. The number of halogens is 1. The highest BCUT2D eigenvalue weighted by Gasteiger charge is 2.09. The first-order valence-corrected chi connectivity index (χ1v) is 7.45. The van der Waals surface area contributed by atoms with Gasteiger partial charge in [0.05, 0.1) is 11.7 Å². The fourth-order valence-corrected chi connectivity index (χ4v) is 2.61. The van der Waals surface area contributed by atoms with E-state index in [1.54, 1.807) is 18.2 Å². The first-order chi connectivity index (χ1) is 9.63. The van der Waals surface area contributed by atoms with E-state index >= 15 is 0 Å². The normalized spacial score (nSPS) is 10.7. The summed E-state index contributed by atoms with van der Waals surface area (Å²) in [6.07, 6.45) is 0. The van der Waals surface area contributed by atoms with E-state index in [9.17, 15) is 4.79 Å². The average Bonchev–Trinajstić information content (AvgIpc) is 2.90. The number of nitrogens with one attached hydrogen (secondary N) is 1. The number of hydrogen-bond acceptors (Lipinski definition) is 4. The first-order valence-electron chi connectivity index (χ1n) is 5.93. The Balaban J connectivity index is 1.86. The Morgan fingerprint density at radius 1 is 1.15 bits per heavy atom. The molecule has 0 spiro atoms. The molecule has 1 amide bonds. The number of carbonyl (C=O) groups excluding carboxylic acids is 1. The van der Waals surface area contributed by atoms with E-state index in [-0.39, 0.29) is 5.91 Å². The molecule has 0 atom stereocenters. The van der Waals surface area contributed by atoms with Crippen molar-refractivity contribution in [1.29, 1.82) is 0 Å². The summed E-state index contributed by atoms with van der Waals surface area (Å²) in [4.78, 5) is 12.2. The third-order valence-electron chi connectivity index (χ3n) is 2.93. The molecule has 1 aromatic heterocycles. The molecule has 0 unspecified atom stereocenters. The second kappa shape index (κ2) is 5.30. The Morgan fingerprint density at radius 3 is 2.75 bits per heavy atom. The van der Waals surface area contributed by atoms with E-state index < -0.39 is 0 Å². The molecule has 4 nitrogen and oxygen atoms in total. The van der Waals surface area contributed by atoms with Crippen molar-refractivity contribution in [3.05, 3.63) is 52.0 Å². The van der Waals surface area contributed by atoms with E-state index in [0.29, 0.717) is 5.56 Å². The molecule has 0 bridgehead atoms. The fourth-order valence-electron chi connectivity index (χ4n) is 1.85. The van der Waals surface area contributed by atoms with Crippen LogP contribution in [0.3, 0.4) is 0 Å². The summed E-state index contributed by atoms with van der Waals surface area (Å²) in [5.74, 6) is -0.151. The summed E-state index contributed by atoms with van der Waals surface area (Å²) in [7, 11) is 0. The van der Waals surface area contributed by atoms with Crippen LogP contribution < -0.4 is 5.32 Å². The van der Waals surface area contributed by atoms with Gasteiger partial charge in [0.1, 0.15) is 11.0 Å². The van der Waals surface area contributed by atoms with Crippen molar-refractivity contribution in [1.82, 2.24) is 8.75 Å². The van der Waals surface area contributed by atoms with Crippen molar-refractivity contribution < 1.29 is 4.79 Å². The van der Waals surface area contributed by atoms with Gasteiger partial charge in [0, 0.05) is 15.7 Å². The number of fused-ring (bicyclic) bond motifs is 1. The topological polar surface area (TPSA) is 54.9 Å². The molecule has 3 rings (SSSR count). The van der Waals surface area contributed by atoms with Crippen LogP contribution in [-0.4, -0.2) is 14.7 Å². The Kier molecular flexibility index (Phi) is 3.50. The number of carbonyl (C=O) groups is 1. The second-order valence-corrected chi connectivity index (χ2v) is 5.77. The second-order valence-electron chi connectivity index (χ2n) is 4.39. The molecule has 20 heavy (non-hydrogen) atoms. The highest BCUT2D eigenvalue weighted by Crippen LogP contribution is 2.21. The third-order valence-corrected chi connectivity index (χ3v) is 4.38. The first kappa shape index (κ1) is 13.2. The molecule has 6 heteroatoms. The standard InChI is InChI=1S/C14H10BrN3OS/c1-8-6-10(3-4-11(8)15)16-14(19)9-2-5-12-13(7-9)18-20-17-12/h2-7H,1H3,(H,16,19). The van der Waals surface area contributed by atoms with Crippen molar-refractivity contribution in [3.8, 4) is 0 Å². The molecule has 0 fully saturated rings. The molecular weight excluding hydrogens is 338 g/mol. The van der Waals surface area contributed by atoms with E-state index in [1.165, 1.54) is 0 Å². The van der Waals surface area contributed by atoms with Gasteiger partial charge in [0.25, 0.3) is 5.91 Å². The van der Waals surface area contributed by atoms with Gasteiger partial charge in [-0.1, -0.05) is 15.9 Å². The number of aromatic nitrogens is 2. The predicted molar refractivity (Wildman–Crippen MR) is 84.2 cm³/mol. The zero-order valence-electron chi connectivity index (χ0n) is 10.6. The number of aryl methyl sites for hydroxylation is 1. The molecule has 1 heterocycles. The molecule has 3 aromatic rings. The zero-order chi connectivity index (χ0) is 14.1. The molecular formula is C14H10BrN3OS. The monoisotopic (exact) mass is 347 g/mol. The van der Waals surface area contributed by atoms with Gasteiger partial charge in [0.2, 0.25) is 0 Å². The SMILES string of the molecule is Cc1cc(NC(=O)c2ccc3nsnc3c2)ccc1Br. The van der Waals surface area contributed by atoms with Crippen LogP contribution in [-0.2, 0) is 0 Å². The molecule has 0 radical (unpaired) electrons. The van der Waals surface area contributed by atoms with E-state index in [1.807, 2.05) is 25.1 Å². The van der Waals surface area contributed by atoms with Gasteiger partial charge >= 0.3 is 0 Å². The van der Waals surface area contributed by atoms with Gasteiger partial charge in [-0.25, -0.2) is 0 Å². The lowest BCUT2D eigenvalue weighted by atomic mass is 10.1. The Hall–Kier alpha value is -1.79. The van der Waals surface area contributed by atoms with Gasteiger partial charge in [-0.3, -0.25) is 4.79 Å². The predicted octanol–water partition coefficient (Wildman–Crippen LogP) is 4.01. The molecule has 0 aliphatic rings. The highest BCUT2D eigenvalue weighted by molar-refractivity contribution is 9.10. The number of rotatable bonds is 2. The van der Waals surface area contributed by atoms with E-state index in [4.69, 9.17) is 0 Å². The molecule has 0 saturated carbocycles. The molecule has 2 aromatic carbocycles. The highest BCUT2D eigenvalue weighted by atomic mass is 79.9. The summed E-state index contributed by atoms with van der Waals surface area (Å²) in [5.41, 5.74) is 3.97. The molecule has 0 aliphatic carbocycles. The van der Waals surface area contributed by atoms with Crippen LogP contribution in [0.2, 0.25) is 0 Å². The van der Waals surface area contributed by atoms with Crippen LogP contribution in [0.1, 0.15) is 15.9 Å². The number of benzene rings is 2. The van der Waals surface area contributed by atoms with Crippen LogP contribution in [0.15, 0.2) is 40.9 Å². The zero-order valence-corrected chi connectivity index (χ0v) is 13.0. The Bertz CT molecular complexity index is 800. The number of anilines is 1. The largest absolute Gasteiger partial charge is 0.322 e. The maximum atomic E-state index is 12.2. The average molecular weight is 348 g/mol. The third kappa shape index (κ3) is 2.57. The van der Waals surface area contributed by atoms with Crippen LogP contribution in [0.25, 0.3) is 11.0 Å². The summed E-state index contributed by atoms with van der Waals surface area (Å²) in [6, 6.07) is 11.0. The minimum absolute atomic E-state index is 0.151.